The molecule has 1 aliphatic rings. The van der Waals surface area contributed by atoms with Gasteiger partial charge in [0, 0.05) is 19.6 Å². The summed E-state index contributed by atoms with van der Waals surface area (Å²) in [6.07, 6.45) is -0.361. The van der Waals surface area contributed by atoms with Crippen LogP contribution in [0.3, 0.4) is 0 Å². The summed E-state index contributed by atoms with van der Waals surface area (Å²) in [6, 6.07) is 7.55. The van der Waals surface area contributed by atoms with Crippen LogP contribution in [0.2, 0.25) is 0 Å². The minimum Gasteiger partial charge on any atom is -0.481 e. The molecule has 0 aliphatic carbocycles. The quantitative estimate of drug-likeness (QED) is 0.861. The first-order valence-electron chi connectivity index (χ1n) is 7.26. The fraction of sp³-hybridized carbons (Fsp3) is 0.562. The largest absolute Gasteiger partial charge is 0.481 e. The number of aliphatic hydroxyl groups is 1. The number of carbonyl (C=O) groups excluding carboxylic acids is 1. The molecule has 5 heteroatoms. The van der Waals surface area contributed by atoms with Crippen molar-refractivity contribution in [3.63, 3.8) is 0 Å². The Morgan fingerprint density at radius 1 is 1.62 bits per heavy atom. The van der Waals surface area contributed by atoms with E-state index in [9.17, 15) is 9.90 Å². The summed E-state index contributed by atoms with van der Waals surface area (Å²) >= 11 is 0. The molecule has 0 spiro atoms. The number of carbonyl (C=O) groups is 1. The van der Waals surface area contributed by atoms with Gasteiger partial charge >= 0.3 is 0 Å². The Kier molecular flexibility index (Phi) is 4.85. The third kappa shape index (κ3) is 3.95. The predicted octanol–water partition coefficient (Wildman–Crippen LogP) is 1.42. The molecule has 0 bridgehead atoms. The summed E-state index contributed by atoms with van der Waals surface area (Å²) in [7, 11) is 0. The second-order valence-corrected chi connectivity index (χ2v) is 5.66. The van der Waals surface area contributed by atoms with E-state index in [0.29, 0.717) is 18.8 Å². The number of hydrogen-bond acceptors (Lipinski definition) is 4. The molecule has 1 fully saturated rings. The van der Waals surface area contributed by atoms with Crippen molar-refractivity contribution in [3.05, 3.63) is 29.8 Å². The van der Waals surface area contributed by atoms with Crippen LogP contribution in [0.15, 0.2) is 24.3 Å². The zero-order valence-corrected chi connectivity index (χ0v) is 12.8. The van der Waals surface area contributed by atoms with Gasteiger partial charge in [0.05, 0.1) is 6.10 Å². The van der Waals surface area contributed by atoms with Crippen LogP contribution in [0.5, 0.6) is 5.75 Å². The van der Waals surface area contributed by atoms with Gasteiger partial charge in [0.25, 0.3) is 5.91 Å². The van der Waals surface area contributed by atoms with E-state index < -0.39 is 11.7 Å². The van der Waals surface area contributed by atoms with Gasteiger partial charge in [0.1, 0.15) is 11.4 Å². The zero-order valence-electron chi connectivity index (χ0n) is 12.8. The maximum Gasteiger partial charge on any atom is 0.260 e. The summed E-state index contributed by atoms with van der Waals surface area (Å²) < 4.78 is 10.9. The van der Waals surface area contributed by atoms with Crippen molar-refractivity contribution >= 4 is 5.91 Å². The number of amides is 1. The fourth-order valence-corrected chi connectivity index (χ4v) is 2.33. The second kappa shape index (κ2) is 6.45. The SMILES string of the molecule is Cc1cccc(OC(C)C(=O)NCC2(O)CCOC2C)c1. The van der Waals surface area contributed by atoms with E-state index in [0.717, 1.165) is 5.56 Å². The molecule has 1 heterocycles. The predicted molar refractivity (Wildman–Crippen MR) is 79.3 cm³/mol. The maximum absolute atomic E-state index is 12.0. The molecule has 0 radical (unpaired) electrons. The molecule has 0 aromatic heterocycles. The van der Waals surface area contributed by atoms with Crippen LogP contribution < -0.4 is 10.1 Å². The van der Waals surface area contributed by atoms with Crippen LogP contribution in [0.4, 0.5) is 0 Å². The van der Waals surface area contributed by atoms with Crippen molar-refractivity contribution in [1.29, 1.82) is 0 Å². The molecule has 1 aromatic carbocycles. The Hall–Kier alpha value is -1.59. The number of rotatable bonds is 5. The number of ether oxygens (including phenoxy) is 2. The highest BCUT2D eigenvalue weighted by Gasteiger charge is 2.39. The summed E-state index contributed by atoms with van der Waals surface area (Å²) in [6.45, 7) is 6.16. The third-order valence-electron chi connectivity index (χ3n) is 3.90. The fourth-order valence-electron chi connectivity index (χ4n) is 2.33. The van der Waals surface area contributed by atoms with Crippen molar-refractivity contribution in [2.45, 2.75) is 45.0 Å². The van der Waals surface area contributed by atoms with Crippen molar-refractivity contribution in [2.75, 3.05) is 13.2 Å². The average Bonchev–Trinajstić information content (AvgIpc) is 2.76. The molecule has 2 N–H and O–H groups in total. The number of hydrogen-bond donors (Lipinski definition) is 2. The molecule has 1 amide bonds. The van der Waals surface area contributed by atoms with Crippen LogP contribution in [-0.2, 0) is 9.53 Å². The van der Waals surface area contributed by atoms with Gasteiger partial charge in [-0.05, 0) is 38.5 Å². The Morgan fingerprint density at radius 2 is 2.38 bits per heavy atom. The van der Waals surface area contributed by atoms with Crippen molar-refractivity contribution in [1.82, 2.24) is 5.32 Å². The second-order valence-electron chi connectivity index (χ2n) is 5.66. The number of aryl methyl sites for hydroxylation is 1. The lowest BCUT2D eigenvalue weighted by Gasteiger charge is -2.27. The highest BCUT2D eigenvalue weighted by molar-refractivity contribution is 5.80. The van der Waals surface area contributed by atoms with Crippen molar-refractivity contribution in [3.8, 4) is 5.75 Å². The lowest BCUT2D eigenvalue weighted by atomic mass is 9.97. The lowest BCUT2D eigenvalue weighted by molar-refractivity contribution is -0.129. The van der Waals surface area contributed by atoms with Gasteiger partial charge in [-0.25, -0.2) is 0 Å². The normalized spacial score (nSPS) is 26.4. The Morgan fingerprint density at radius 3 is 3.00 bits per heavy atom. The van der Waals surface area contributed by atoms with E-state index in [4.69, 9.17) is 9.47 Å². The van der Waals surface area contributed by atoms with E-state index in [-0.39, 0.29) is 18.6 Å². The van der Waals surface area contributed by atoms with Gasteiger partial charge in [-0.2, -0.15) is 0 Å². The van der Waals surface area contributed by atoms with Gasteiger partial charge in [0.15, 0.2) is 6.10 Å². The van der Waals surface area contributed by atoms with Gasteiger partial charge in [-0.1, -0.05) is 12.1 Å². The van der Waals surface area contributed by atoms with Crippen LogP contribution in [0.25, 0.3) is 0 Å². The van der Waals surface area contributed by atoms with Crippen LogP contribution in [0, 0.1) is 6.92 Å². The molecule has 21 heavy (non-hydrogen) atoms. The molecule has 2 rings (SSSR count). The highest BCUT2D eigenvalue weighted by atomic mass is 16.5. The Balaban J connectivity index is 1.85. The number of nitrogens with one attached hydrogen (secondary N) is 1. The van der Waals surface area contributed by atoms with Gasteiger partial charge in [-0.3, -0.25) is 4.79 Å². The highest BCUT2D eigenvalue weighted by Crippen LogP contribution is 2.24. The zero-order chi connectivity index (χ0) is 15.5. The minimum atomic E-state index is -0.987. The van der Waals surface area contributed by atoms with E-state index in [2.05, 4.69) is 5.32 Å². The van der Waals surface area contributed by atoms with Crippen LogP contribution in [0.1, 0.15) is 25.8 Å². The Labute approximate surface area is 125 Å². The monoisotopic (exact) mass is 293 g/mol. The molecule has 5 nitrogen and oxygen atoms in total. The molecule has 3 atom stereocenters. The molecule has 0 saturated carbocycles. The minimum absolute atomic E-state index is 0.175. The molecule has 1 aromatic rings. The summed E-state index contributed by atoms with van der Waals surface area (Å²) in [5.41, 5.74) is 0.0879. The number of benzene rings is 1. The van der Waals surface area contributed by atoms with Crippen LogP contribution >= 0.6 is 0 Å². The third-order valence-corrected chi connectivity index (χ3v) is 3.90. The Bertz CT molecular complexity index is 505. The first kappa shape index (κ1) is 15.8. The molecule has 1 aliphatic heterocycles. The molecule has 3 unspecified atom stereocenters. The summed E-state index contributed by atoms with van der Waals surface area (Å²) in [4.78, 5) is 12.0. The first-order chi connectivity index (χ1) is 9.90. The smallest absolute Gasteiger partial charge is 0.260 e. The molecular weight excluding hydrogens is 270 g/mol. The first-order valence-corrected chi connectivity index (χ1v) is 7.26. The lowest BCUT2D eigenvalue weighted by Crippen LogP contribution is -2.49. The van der Waals surface area contributed by atoms with E-state index in [1.165, 1.54) is 0 Å². The van der Waals surface area contributed by atoms with Crippen LogP contribution in [-0.4, -0.2) is 42.0 Å². The molecule has 1 saturated heterocycles. The standard InChI is InChI=1S/C16H23NO4/c1-11-5-4-6-14(9-11)21-12(2)15(18)17-10-16(19)7-8-20-13(16)3/h4-6,9,12-13,19H,7-8,10H2,1-3H3,(H,17,18). The summed E-state index contributed by atoms with van der Waals surface area (Å²) in [5.74, 6) is 0.415. The van der Waals surface area contributed by atoms with E-state index >= 15 is 0 Å². The average molecular weight is 293 g/mol. The van der Waals surface area contributed by atoms with Crippen molar-refractivity contribution < 1.29 is 19.4 Å². The van der Waals surface area contributed by atoms with Gasteiger partial charge in [-0.15, -0.1) is 0 Å². The van der Waals surface area contributed by atoms with Crippen molar-refractivity contribution in [2.24, 2.45) is 0 Å². The van der Waals surface area contributed by atoms with Gasteiger partial charge in [0.2, 0.25) is 0 Å². The maximum atomic E-state index is 12.0. The van der Waals surface area contributed by atoms with E-state index in [1.54, 1.807) is 6.92 Å². The topological polar surface area (TPSA) is 67.8 Å². The summed E-state index contributed by atoms with van der Waals surface area (Å²) in [5, 5.41) is 13.1. The van der Waals surface area contributed by atoms with Gasteiger partial charge < -0.3 is 19.9 Å². The van der Waals surface area contributed by atoms with E-state index in [1.807, 2.05) is 38.1 Å². The molecule has 116 valence electrons. The molecular formula is C16H23NO4.